The molecule has 188 valence electrons. The van der Waals surface area contributed by atoms with Crippen molar-refractivity contribution in [3.05, 3.63) is 70.6 Å². The lowest BCUT2D eigenvalue weighted by atomic mass is 9.91. The van der Waals surface area contributed by atoms with Crippen molar-refractivity contribution in [2.75, 3.05) is 31.6 Å². The van der Waals surface area contributed by atoms with Crippen LogP contribution in [0.5, 0.6) is 0 Å². The summed E-state index contributed by atoms with van der Waals surface area (Å²) < 4.78 is 5.53. The highest BCUT2D eigenvalue weighted by molar-refractivity contribution is 6.03. The Morgan fingerprint density at radius 3 is 2.58 bits per heavy atom. The minimum Gasteiger partial charge on any atom is -0.378 e. The van der Waals surface area contributed by atoms with Crippen LogP contribution in [0.1, 0.15) is 61.9 Å². The van der Waals surface area contributed by atoms with Crippen LogP contribution in [0.2, 0.25) is 0 Å². The molecule has 1 aromatic carbocycles. The van der Waals surface area contributed by atoms with E-state index in [9.17, 15) is 4.79 Å². The van der Waals surface area contributed by atoms with Gasteiger partial charge in [0.15, 0.2) is 0 Å². The minimum absolute atomic E-state index is 0.177. The molecule has 1 fully saturated rings. The molecule has 1 N–H and O–H groups in total. The Balaban J connectivity index is 1.94. The number of rotatable bonds is 6. The van der Waals surface area contributed by atoms with Crippen LogP contribution < -0.4 is 5.32 Å². The van der Waals surface area contributed by atoms with Crippen LogP contribution in [0.15, 0.2) is 53.1 Å². The van der Waals surface area contributed by atoms with Gasteiger partial charge >= 0.3 is 0 Å². The van der Waals surface area contributed by atoms with Crippen molar-refractivity contribution in [1.29, 1.82) is 0 Å². The number of ether oxygens (including phenoxy) is 1. The summed E-state index contributed by atoms with van der Waals surface area (Å²) in [5.41, 5.74) is 6.36. The zero-order chi connectivity index (χ0) is 26.3. The lowest BCUT2D eigenvalue weighted by Crippen LogP contribution is -2.35. The molecule has 7 nitrogen and oxygen atoms in total. The molecule has 1 amide bonds. The van der Waals surface area contributed by atoms with Crippen molar-refractivity contribution in [2.45, 2.75) is 47.0 Å². The van der Waals surface area contributed by atoms with E-state index in [1.807, 2.05) is 18.2 Å². The molecule has 0 unspecified atom stereocenters. The fourth-order valence-electron chi connectivity index (χ4n) is 3.91. The largest absolute Gasteiger partial charge is 0.378 e. The van der Waals surface area contributed by atoms with Crippen LogP contribution in [0, 0.1) is 18.8 Å². The third-order valence-electron chi connectivity index (χ3n) is 5.94. The monoisotopic (exact) mass is 485 g/mol. The summed E-state index contributed by atoms with van der Waals surface area (Å²) in [6.45, 7) is 18.6. The first-order valence-electron chi connectivity index (χ1n) is 12.0. The van der Waals surface area contributed by atoms with Crippen molar-refractivity contribution >= 4 is 23.9 Å². The molecule has 2 aromatic rings. The molecule has 0 atom stereocenters. The highest BCUT2D eigenvalue weighted by Crippen LogP contribution is 2.27. The molecular formula is C29H35N5O2. The topological polar surface area (TPSA) is 79.7 Å². The number of morpholine rings is 1. The second-order valence-corrected chi connectivity index (χ2v) is 9.72. The smallest absolute Gasteiger partial charge is 0.274 e. The van der Waals surface area contributed by atoms with Crippen molar-refractivity contribution in [3.63, 3.8) is 0 Å². The molecule has 0 spiro atoms. The number of benzene rings is 1. The highest BCUT2D eigenvalue weighted by atomic mass is 16.5. The summed E-state index contributed by atoms with van der Waals surface area (Å²) in [4.78, 5) is 27.9. The fourth-order valence-corrected chi connectivity index (χ4v) is 3.91. The third-order valence-corrected chi connectivity index (χ3v) is 5.94. The molecule has 0 bridgehead atoms. The Kier molecular flexibility index (Phi) is 8.78. The zero-order valence-electron chi connectivity index (χ0n) is 22.1. The van der Waals surface area contributed by atoms with Gasteiger partial charge in [-0.05, 0) is 74.4 Å². The van der Waals surface area contributed by atoms with E-state index in [0.29, 0.717) is 30.3 Å². The Morgan fingerprint density at radius 1 is 1.22 bits per heavy atom. The summed E-state index contributed by atoms with van der Waals surface area (Å²) in [5.74, 6) is 5.74. The van der Waals surface area contributed by atoms with Crippen LogP contribution in [-0.4, -0.2) is 53.8 Å². The van der Waals surface area contributed by atoms with E-state index in [-0.39, 0.29) is 11.3 Å². The number of amides is 1. The molecular weight excluding hydrogens is 450 g/mol. The number of aromatic nitrogens is 2. The second-order valence-electron chi connectivity index (χ2n) is 9.72. The number of hydrogen-bond acceptors (Lipinski definition) is 6. The van der Waals surface area contributed by atoms with Gasteiger partial charge in [0.25, 0.3) is 5.91 Å². The summed E-state index contributed by atoms with van der Waals surface area (Å²) in [7, 11) is 0. The number of nitrogens with one attached hydrogen (secondary N) is 1. The van der Waals surface area contributed by atoms with Gasteiger partial charge in [-0.2, -0.15) is 0 Å². The molecule has 1 aliphatic heterocycles. The van der Waals surface area contributed by atoms with E-state index in [1.165, 1.54) is 6.33 Å². The lowest BCUT2D eigenvalue weighted by molar-refractivity contribution is 0.0551. The van der Waals surface area contributed by atoms with Gasteiger partial charge in [0.05, 0.1) is 18.9 Å². The van der Waals surface area contributed by atoms with Gasteiger partial charge in [-0.25, -0.2) is 9.97 Å². The van der Waals surface area contributed by atoms with Crippen molar-refractivity contribution in [2.24, 2.45) is 4.99 Å². The van der Waals surface area contributed by atoms with E-state index in [0.717, 1.165) is 41.2 Å². The van der Waals surface area contributed by atoms with Crippen molar-refractivity contribution < 1.29 is 9.53 Å². The summed E-state index contributed by atoms with van der Waals surface area (Å²) in [5, 5.41) is 2.98. The van der Waals surface area contributed by atoms with Crippen LogP contribution in [0.25, 0.3) is 5.57 Å². The van der Waals surface area contributed by atoms with Crippen molar-refractivity contribution in [1.82, 2.24) is 14.9 Å². The number of aryl methyl sites for hydroxylation is 1. The van der Waals surface area contributed by atoms with E-state index in [4.69, 9.17) is 4.74 Å². The quantitative estimate of drug-likeness (QED) is 0.354. The van der Waals surface area contributed by atoms with Gasteiger partial charge in [-0.15, -0.1) is 0 Å². The van der Waals surface area contributed by atoms with Crippen LogP contribution in [0.4, 0.5) is 5.69 Å². The van der Waals surface area contributed by atoms with Gasteiger partial charge in [0, 0.05) is 29.9 Å². The molecule has 0 aliphatic carbocycles. The number of nitrogens with zero attached hydrogens (tertiary/aromatic N) is 4. The molecule has 2 heterocycles. The predicted octanol–water partition coefficient (Wildman–Crippen LogP) is 5.01. The molecule has 7 heteroatoms. The van der Waals surface area contributed by atoms with Crippen LogP contribution >= 0.6 is 0 Å². The van der Waals surface area contributed by atoms with Gasteiger partial charge in [0.1, 0.15) is 17.7 Å². The first kappa shape index (κ1) is 26.8. The van der Waals surface area contributed by atoms with E-state index in [1.54, 1.807) is 13.0 Å². The highest BCUT2D eigenvalue weighted by Gasteiger charge is 2.19. The third kappa shape index (κ3) is 6.67. The Bertz CT molecular complexity index is 1250. The maximum atomic E-state index is 13.0. The number of aliphatic imine (C=N–C) groups is 1. The maximum absolute atomic E-state index is 13.0. The normalized spacial score (nSPS) is 14.9. The fraction of sp³-hybridized carbons (Fsp3) is 0.379. The Labute approximate surface area is 214 Å². The summed E-state index contributed by atoms with van der Waals surface area (Å²) in [6, 6.07) is 7.62. The maximum Gasteiger partial charge on any atom is 0.274 e. The molecule has 3 rings (SSSR count). The number of anilines is 1. The van der Waals surface area contributed by atoms with Crippen LogP contribution in [-0.2, 0) is 10.2 Å². The van der Waals surface area contributed by atoms with Gasteiger partial charge in [0.2, 0.25) is 0 Å². The average molecular weight is 486 g/mol. The lowest BCUT2D eigenvalue weighted by Gasteiger charge is -2.30. The van der Waals surface area contributed by atoms with E-state index < -0.39 is 0 Å². The van der Waals surface area contributed by atoms with Crippen LogP contribution in [0.3, 0.4) is 0 Å². The predicted molar refractivity (Wildman–Crippen MR) is 146 cm³/mol. The van der Waals surface area contributed by atoms with Gasteiger partial charge in [-0.3, -0.25) is 9.79 Å². The SMILES string of the molecule is C=N/C(C#CC)=C(\C=C(/C)c1cc(NC(=O)c2cc(C(C)(C)C)ncn2)ccc1C)N1CCOCC1. The van der Waals surface area contributed by atoms with Gasteiger partial charge in [-0.1, -0.05) is 32.8 Å². The molecule has 0 radical (unpaired) electrons. The first-order valence-corrected chi connectivity index (χ1v) is 12.0. The molecule has 1 aliphatic rings. The number of hydrogen-bond donors (Lipinski definition) is 1. The van der Waals surface area contributed by atoms with Gasteiger partial charge < -0.3 is 15.0 Å². The summed E-state index contributed by atoms with van der Waals surface area (Å²) in [6.07, 6.45) is 3.53. The number of allylic oxidation sites excluding steroid dienone is 3. The summed E-state index contributed by atoms with van der Waals surface area (Å²) >= 11 is 0. The zero-order valence-corrected chi connectivity index (χ0v) is 22.1. The number of carbonyl (C=O) groups is 1. The second kappa shape index (κ2) is 11.8. The average Bonchev–Trinajstić information content (AvgIpc) is 2.87. The molecule has 0 saturated carbocycles. The standard InChI is InChI=1S/C29H35N5O2/c1-8-9-24(30-7)26(34-12-14-36-15-13-34)16-21(3)23-17-22(11-10-20(23)2)33-28(35)25-18-27(29(4,5)6)32-19-31-25/h10-11,16-19H,7,12-15H2,1-6H3,(H,33,35)/b21-16+,26-24+. The van der Waals surface area contributed by atoms with E-state index >= 15 is 0 Å². The Hall–Kier alpha value is -3.76. The molecule has 1 aromatic heterocycles. The van der Waals surface area contributed by atoms with Crippen molar-refractivity contribution in [3.8, 4) is 11.8 Å². The minimum atomic E-state index is -0.274. The number of carbonyl (C=O) groups excluding carboxylic acids is 1. The van der Waals surface area contributed by atoms with E-state index in [2.05, 4.69) is 84.4 Å². The molecule has 36 heavy (non-hydrogen) atoms. The molecule has 1 saturated heterocycles. The first-order chi connectivity index (χ1) is 17.1. The Morgan fingerprint density at radius 2 is 1.94 bits per heavy atom.